The summed E-state index contributed by atoms with van der Waals surface area (Å²) in [4.78, 5) is 0. The van der Waals surface area contributed by atoms with Crippen molar-refractivity contribution in [1.82, 2.24) is 15.5 Å². The Morgan fingerprint density at radius 3 is 2.69 bits per heavy atom. The Kier molecular flexibility index (Phi) is 4.18. The lowest BCUT2D eigenvalue weighted by atomic mass is 10.4. The minimum Gasteiger partial charge on any atom is -0.477 e. The normalized spacial score (nSPS) is 10.0. The van der Waals surface area contributed by atoms with Gasteiger partial charge in [-0.3, -0.25) is 0 Å². The maximum Gasteiger partial charge on any atom is 0.233 e. The first kappa shape index (κ1) is 9.92. The van der Waals surface area contributed by atoms with E-state index in [-0.39, 0.29) is 0 Å². The lowest BCUT2D eigenvalue weighted by Crippen LogP contribution is -2.13. The van der Waals surface area contributed by atoms with Crippen LogP contribution in [0.4, 0.5) is 0 Å². The van der Waals surface area contributed by atoms with E-state index in [0.29, 0.717) is 12.5 Å². The molecule has 0 atom stereocenters. The fraction of sp³-hybridized carbons (Fsp3) is 0.556. The summed E-state index contributed by atoms with van der Waals surface area (Å²) in [6.45, 7) is 6.31. The molecule has 0 amide bonds. The molecule has 0 unspecified atom stereocenters. The van der Waals surface area contributed by atoms with Crippen LogP contribution in [0.1, 0.15) is 19.5 Å². The average molecular weight is 181 g/mol. The standard InChI is InChI=1S/C9H15N3O/c1-3-10-7-8-5-6-9(12-11-8)13-4-2/h5-6,10H,3-4,7H2,1-2H3. The minimum absolute atomic E-state index is 0.586. The van der Waals surface area contributed by atoms with Gasteiger partial charge in [-0.2, -0.15) is 5.10 Å². The average Bonchev–Trinajstić information content (AvgIpc) is 2.17. The third-order valence-electron chi connectivity index (χ3n) is 1.54. The zero-order chi connectivity index (χ0) is 9.52. The molecule has 1 aromatic heterocycles. The van der Waals surface area contributed by atoms with Crippen LogP contribution < -0.4 is 10.1 Å². The lowest BCUT2D eigenvalue weighted by Gasteiger charge is -2.02. The summed E-state index contributed by atoms with van der Waals surface area (Å²) in [7, 11) is 0. The van der Waals surface area contributed by atoms with E-state index in [9.17, 15) is 0 Å². The van der Waals surface area contributed by atoms with Crippen molar-refractivity contribution in [3.05, 3.63) is 17.8 Å². The van der Waals surface area contributed by atoms with Crippen molar-refractivity contribution in [1.29, 1.82) is 0 Å². The van der Waals surface area contributed by atoms with E-state index in [0.717, 1.165) is 18.8 Å². The molecule has 1 heterocycles. The molecule has 4 nitrogen and oxygen atoms in total. The van der Waals surface area contributed by atoms with Gasteiger partial charge in [-0.25, -0.2) is 0 Å². The number of ether oxygens (including phenoxy) is 1. The van der Waals surface area contributed by atoms with E-state index < -0.39 is 0 Å². The van der Waals surface area contributed by atoms with Gasteiger partial charge in [-0.1, -0.05) is 6.92 Å². The van der Waals surface area contributed by atoms with E-state index >= 15 is 0 Å². The summed E-state index contributed by atoms with van der Waals surface area (Å²) in [5, 5.41) is 11.1. The molecule has 0 saturated heterocycles. The second-order valence-corrected chi connectivity index (χ2v) is 2.58. The van der Waals surface area contributed by atoms with Gasteiger partial charge in [0.1, 0.15) is 0 Å². The number of rotatable bonds is 5. The van der Waals surface area contributed by atoms with Gasteiger partial charge < -0.3 is 10.1 Å². The lowest BCUT2D eigenvalue weighted by molar-refractivity contribution is 0.322. The van der Waals surface area contributed by atoms with Gasteiger partial charge in [0.2, 0.25) is 5.88 Å². The Labute approximate surface area is 78.3 Å². The Bertz CT molecular complexity index is 235. The van der Waals surface area contributed by atoms with E-state index in [1.54, 1.807) is 0 Å². The molecule has 72 valence electrons. The predicted molar refractivity (Wildman–Crippen MR) is 50.6 cm³/mol. The molecule has 0 aliphatic rings. The van der Waals surface area contributed by atoms with Crippen LogP contribution in [-0.2, 0) is 6.54 Å². The second kappa shape index (κ2) is 5.48. The van der Waals surface area contributed by atoms with Crippen LogP contribution in [-0.4, -0.2) is 23.3 Å². The minimum atomic E-state index is 0.586. The topological polar surface area (TPSA) is 47.0 Å². The van der Waals surface area contributed by atoms with Gasteiger partial charge in [0.15, 0.2) is 0 Å². The van der Waals surface area contributed by atoms with Crippen molar-refractivity contribution >= 4 is 0 Å². The molecule has 0 radical (unpaired) electrons. The summed E-state index contributed by atoms with van der Waals surface area (Å²) < 4.78 is 5.17. The van der Waals surface area contributed by atoms with Crippen LogP contribution in [0.15, 0.2) is 12.1 Å². The van der Waals surface area contributed by atoms with Crippen LogP contribution in [0.5, 0.6) is 5.88 Å². The Morgan fingerprint density at radius 2 is 2.15 bits per heavy atom. The molecule has 0 fully saturated rings. The van der Waals surface area contributed by atoms with Crippen LogP contribution in [0.25, 0.3) is 0 Å². The predicted octanol–water partition coefficient (Wildman–Crippen LogP) is 0.985. The molecular formula is C9H15N3O. The largest absolute Gasteiger partial charge is 0.477 e. The molecule has 4 heteroatoms. The van der Waals surface area contributed by atoms with Crippen molar-refractivity contribution in [2.45, 2.75) is 20.4 Å². The SMILES string of the molecule is CCNCc1ccc(OCC)nn1. The third-order valence-corrected chi connectivity index (χ3v) is 1.54. The van der Waals surface area contributed by atoms with Crippen molar-refractivity contribution in [3.8, 4) is 5.88 Å². The Balaban J connectivity index is 2.48. The molecular weight excluding hydrogens is 166 g/mol. The summed E-state index contributed by atoms with van der Waals surface area (Å²) >= 11 is 0. The van der Waals surface area contributed by atoms with Gasteiger partial charge in [0, 0.05) is 12.6 Å². The zero-order valence-corrected chi connectivity index (χ0v) is 8.08. The molecule has 0 spiro atoms. The summed E-state index contributed by atoms with van der Waals surface area (Å²) in [6, 6.07) is 3.75. The van der Waals surface area contributed by atoms with Crippen LogP contribution in [0.3, 0.4) is 0 Å². The van der Waals surface area contributed by atoms with Gasteiger partial charge in [-0.05, 0) is 19.5 Å². The molecule has 1 aromatic rings. The number of aromatic nitrogens is 2. The summed E-state index contributed by atoms with van der Waals surface area (Å²) in [5.41, 5.74) is 0.935. The number of hydrogen-bond donors (Lipinski definition) is 1. The highest BCUT2D eigenvalue weighted by atomic mass is 16.5. The summed E-state index contributed by atoms with van der Waals surface area (Å²) in [6.07, 6.45) is 0. The number of hydrogen-bond acceptors (Lipinski definition) is 4. The Hall–Kier alpha value is -1.16. The fourth-order valence-electron chi connectivity index (χ4n) is 0.920. The molecule has 0 aromatic carbocycles. The molecule has 13 heavy (non-hydrogen) atoms. The van der Waals surface area contributed by atoms with Crippen molar-refractivity contribution in [2.75, 3.05) is 13.2 Å². The highest BCUT2D eigenvalue weighted by Crippen LogP contribution is 2.03. The molecule has 1 rings (SSSR count). The van der Waals surface area contributed by atoms with Crippen molar-refractivity contribution < 1.29 is 4.74 Å². The quantitative estimate of drug-likeness (QED) is 0.735. The van der Waals surface area contributed by atoms with Crippen LogP contribution >= 0.6 is 0 Å². The second-order valence-electron chi connectivity index (χ2n) is 2.58. The molecule has 0 bridgehead atoms. The van der Waals surface area contributed by atoms with E-state index in [1.807, 2.05) is 19.1 Å². The van der Waals surface area contributed by atoms with Gasteiger partial charge >= 0.3 is 0 Å². The molecule has 0 saturated carbocycles. The fourth-order valence-corrected chi connectivity index (χ4v) is 0.920. The van der Waals surface area contributed by atoms with E-state index in [4.69, 9.17) is 4.74 Å². The first-order chi connectivity index (χ1) is 6.36. The monoisotopic (exact) mass is 181 g/mol. The van der Waals surface area contributed by atoms with Gasteiger partial charge in [0.05, 0.1) is 12.3 Å². The van der Waals surface area contributed by atoms with E-state index in [1.165, 1.54) is 0 Å². The number of nitrogens with zero attached hydrogens (tertiary/aromatic N) is 2. The van der Waals surface area contributed by atoms with E-state index in [2.05, 4.69) is 22.4 Å². The molecule has 0 aliphatic carbocycles. The van der Waals surface area contributed by atoms with Crippen LogP contribution in [0.2, 0.25) is 0 Å². The highest BCUT2D eigenvalue weighted by Gasteiger charge is 1.96. The van der Waals surface area contributed by atoms with Gasteiger partial charge in [0.25, 0.3) is 0 Å². The van der Waals surface area contributed by atoms with Crippen molar-refractivity contribution in [3.63, 3.8) is 0 Å². The highest BCUT2D eigenvalue weighted by molar-refractivity contribution is 5.11. The smallest absolute Gasteiger partial charge is 0.233 e. The maximum atomic E-state index is 5.17. The Morgan fingerprint density at radius 1 is 1.31 bits per heavy atom. The summed E-state index contributed by atoms with van der Waals surface area (Å²) in [5.74, 6) is 0.586. The first-order valence-corrected chi connectivity index (χ1v) is 4.53. The van der Waals surface area contributed by atoms with Gasteiger partial charge in [-0.15, -0.1) is 5.10 Å². The van der Waals surface area contributed by atoms with Crippen LogP contribution in [0, 0.1) is 0 Å². The molecule has 0 aliphatic heterocycles. The molecule has 1 N–H and O–H groups in total. The number of nitrogens with one attached hydrogen (secondary N) is 1. The van der Waals surface area contributed by atoms with Crippen molar-refractivity contribution in [2.24, 2.45) is 0 Å². The zero-order valence-electron chi connectivity index (χ0n) is 8.08. The first-order valence-electron chi connectivity index (χ1n) is 4.53. The third kappa shape index (κ3) is 3.38. The maximum absolute atomic E-state index is 5.17.